The fraction of sp³-hybridized carbons (Fsp3) is 0.222. The number of aromatic nitrogens is 2. The van der Waals surface area contributed by atoms with Gasteiger partial charge in [-0.15, -0.1) is 0 Å². The number of aliphatic imine (C=N–C) groups is 1. The first-order valence-electron chi connectivity index (χ1n) is 3.87. The van der Waals surface area contributed by atoms with Crippen LogP contribution in [0.3, 0.4) is 0 Å². The Labute approximate surface area is 76.4 Å². The number of imidazole rings is 1. The van der Waals surface area contributed by atoms with Crippen molar-refractivity contribution in [3.8, 4) is 0 Å². The third-order valence-electron chi connectivity index (χ3n) is 1.72. The van der Waals surface area contributed by atoms with E-state index >= 15 is 0 Å². The van der Waals surface area contributed by atoms with Crippen molar-refractivity contribution >= 4 is 12.5 Å². The molecule has 0 bridgehead atoms. The Morgan fingerprint density at radius 1 is 1.85 bits per heavy atom. The first-order chi connectivity index (χ1) is 6.27. The van der Waals surface area contributed by atoms with Crippen molar-refractivity contribution in [1.82, 2.24) is 9.97 Å². The van der Waals surface area contributed by atoms with Crippen LogP contribution in [0.2, 0.25) is 0 Å². The third-order valence-corrected chi connectivity index (χ3v) is 1.72. The highest BCUT2D eigenvalue weighted by molar-refractivity contribution is 5.94. The van der Waals surface area contributed by atoms with Crippen LogP contribution in [0.25, 0.3) is 0 Å². The SMILES string of the molecule is C=CC(=O)[C@H](Cc1cnc[nH]1)N=C. The Kier molecular flexibility index (Phi) is 3.14. The predicted octanol–water partition coefficient (Wildman–Crippen LogP) is 0.776. The number of nitrogens with zero attached hydrogens (tertiary/aromatic N) is 2. The molecule has 0 unspecified atom stereocenters. The summed E-state index contributed by atoms with van der Waals surface area (Å²) in [5, 5.41) is 0. The summed E-state index contributed by atoms with van der Waals surface area (Å²) in [4.78, 5) is 21.6. The minimum absolute atomic E-state index is 0.121. The van der Waals surface area contributed by atoms with Crippen LogP contribution in [0, 0.1) is 0 Å². The maximum Gasteiger partial charge on any atom is 0.179 e. The first-order valence-corrected chi connectivity index (χ1v) is 3.87. The van der Waals surface area contributed by atoms with Crippen molar-refractivity contribution < 1.29 is 4.79 Å². The van der Waals surface area contributed by atoms with E-state index in [4.69, 9.17) is 0 Å². The van der Waals surface area contributed by atoms with Gasteiger partial charge in [0.25, 0.3) is 0 Å². The zero-order chi connectivity index (χ0) is 9.68. The molecule has 0 aliphatic heterocycles. The summed E-state index contributed by atoms with van der Waals surface area (Å²) in [6.07, 6.45) is 4.98. The van der Waals surface area contributed by atoms with Crippen molar-refractivity contribution in [2.24, 2.45) is 4.99 Å². The van der Waals surface area contributed by atoms with E-state index in [0.717, 1.165) is 5.69 Å². The second-order valence-corrected chi connectivity index (χ2v) is 2.59. The van der Waals surface area contributed by atoms with Crippen LogP contribution in [0.5, 0.6) is 0 Å². The number of hydrogen-bond acceptors (Lipinski definition) is 3. The summed E-state index contributed by atoms with van der Waals surface area (Å²) in [5.74, 6) is -0.121. The molecule has 1 aromatic rings. The van der Waals surface area contributed by atoms with E-state index in [1.54, 1.807) is 12.5 Å². The fourth-order valence-corrected chi connectivity index (χ4v) is 0.996. The van der Waals surface area contributed by atoms with E-state index in [0.29, 0.717) is 6.42 Å². The Balaban J connectivity index is 2.64. The monoisotopic (exact) mass is 177 g/mol. The average Bonchev–Trinajstić information content (AvgIpc) is 2.65. The number of nitrogens with one attached hydrogen (secondary N) is 1. The molecule has 4 nitrogen and oxygen atoms in total. The van der Waals surface area contributed by atoms with E-state index in [2.05, 4.69) is 28.3 Å². The van der Waals surface area contributed by atoms with E-state index in [1.165, 1.54) is 6.08 Å². The molecular weight excluding hydrogens is 166 g/mol. The van der Waals surface area contributed by atoms with Crippen LogP contribution >= 0.6 is 0 Å². The van der Waals surface area contributed by atoms with Gasteiger partial charge < -0.3 is 4.98 Å². The molecule has 0 radical (unpaired) electrons. The highest BCUT2D eigenvalue weighted by atomic mass is 16.1. The lowest BCUT2D eigenvalue weighted by molar-refractivity contribution is -0.115. The number of carbonyl (C=O) groups excluding carboxylic acids is 1. The Hall–Kier alpha value is -1.71. The molecule has 1 atom stereocenters. The van der Waals surface area contributed by atoms with Crippen LogP contribution in [-0.2, 0) is 11.2 Å². The summed E-state index contributed by atoms with van der Waals surface area (Å²) in [6, 6.07) is -0.446. The lowest BCUT2D eigenvalue weighted by Crippen LogP contribution is -2.18. The lowest BCUT2D eigenvalue weighted by Gasteiger charge is -2.05. The minimum atomic E-state index is -0.446. The normalized spacial score (nSPS) is 12.0. The largest absolute Gasteiger partial charge is 0.348 e. The van der Waals surface area contributed by atoms with Crippen LogP contribution in [-0.4, -0.2) is 28.5 Å². The van der Waals surface area contributed by atoms with E-state index in [1.807, 2.05) is 0 Å². The molecule has 0 spiro atoms. The van der Waals surface area contributed by atoms with Gasteiger partial charge in [-0.3, -0.25) is 9.79 Å². The molecule has 1 aromatic heterocycles. The van der Waals surface area contributed by atoms with E-state index < -0.39 is 6.04 Å². The molecule has 0 saturated heterocycles. The molecule has 1 heterocycles. The number of aromatic amines is 1. The number of hydrogen-bond donors (Lipinski definition) is 1. The number of H-pyrrole nitrogens is 1. The third kappa shape index (κ3) is 2.37. The summed E-state index contributed by atoms with van der Waals surface area (Å²) in [5.41, 5.74) is 0.868. The van der Waals surface area contributed by atoms with Gasteiger partial charge in [0.1, 0.15) is 6.04 Å². The molecule has 0 aromatic carbocycles. The first kappa shape index (κ1) is 9.38. The molecule has 68 valence electrons. The summed E-state index contributed by atoms with van der Waals surface area (Å²) in [6.45, 7) is 6.75. The molecule has 0 aliphatic rings. The highest BCUT2D eigenvalue weighted by Gasteiger charge is 2.13. The predicted molar refractivity (Wildman–Crippen MR) is 50.8 cm³/mol. The van der Waals surface area contributed by atoms with Crippen molar-refractivity contribution in [3.05, 3.63) is 30.9 Å². The summed E-state index contributed by atoms with van der Waals surface area (Å²) >= 11 is 0. The maximum absolute atomic E-state index is 11.2. The quantitative estimate of drug-likeness (QED) is 0.533. The van der Waals surface area contributed by atoms with Crippen LogP contribution in [0.1, 0.15) is 5.69 Å². The molecule has 4 heteroatoms. The molecule has 0 amide bonds. The van der Waals surface area contributed by atoms with Gasteiger partial charge in [-0.1, -0.05) is 6.58 Å². The average molecular weight is 177 g/mol. The van der Waals surface area contributed by atoms with Crippen LogP contribution in [0.15, 0.2) is 30.2 Å². The van der Waals surface area contributed by atoms with Gasteiger partial charge in [-0.25, -0.2) is 4.98 Å². The molecule has 1 N–H and O–H groups in total. The number of rotatable bonds is 5. The van der Waals surface area contributed by atoms with Gasteiger partial charge in [-0.05, 0) is 12.8 Å². The van der Waals surface area contributed by atoms with Crippen molar-refractivity contribution in [1.29, 1.82) is 0 Å². The fourth-order valence-electron chi connectivity index (χ4n) is 0.996. The van der Waals surface area contributed by atoms with Gasteiger partial charge in [-0.2, -0.15) is 0 Å². The molecule has 1 rings (SSSR count). The summed E-state index contributed by atoms with van der Waals surface area (Å²) in [7, 11) is 0. The van der Waals surface area contributed by atoms with Crippen LogP contribution < -0.4 is 0 Å². The Morgan fingerprint density at radius 3 is 3.08 bits per heavy atom. The zero-order valence-electron chi connectivity index (χ0n) is 7.23. The standard InChI is InChI=1S/C9H11N3O/c1-3-9(13)8(10-2)4-7-5-11-6-12-7/h3,5-6,8H,1-2,4H2,(H,11,12)/t8-/m0/s1. The van der Waals surface area contributed by atoms with Crippen LogP contribution in [0.4, 0.5) is 0 Å². The van der Waals surface area contributed by atoms with Gasteiger partial charge in [0.2, 0.25) is 0 Å². The van der Waals surface area contributed by atoms with Gasteiger partial charge in [0, 0.05) is 18.3 Å². The number of carbonyl (C=O) groups is 1. The topological polar surface area (TPSA) is 58.1 Å². The van der Waals surface area contributed by atoms with Crippen molar-refractivity contribution in [2.45, 2.75) is 12.5 Å². The van der Waals surface area contributed by atoms with Crippen molar-refractivity contribution in [2.75, 3.05) is 0 Å². The Bertz CT molecular complexity index is 303. The second-order valence-electron chi connectivity index (χ2n) is 2.59. The van der Waals surface area contributed by atoms with E-state index in [9.17, 15) is 4.79 Å². The number of ketones is 1. The molecule has 13 heavy (non-hydrogen) atoms. The van der Waals surface area contributed by atoms with Crippen molar-refractivity contribution in [3.63, 3.8) is 0 Å². The highest BCUT2D eigenvalue weighted by Crippen LogP contribution is 2.03. The zero-order valence-corrected chi connectivity index (χ0v) is 7.23. The summed E-state index contributed by atoms with van der Waals surface area (Å²) < 4.78 is 0. The van der Waals surface area contributed by atoms with Gasteiger partial charge in [0.15, 0.2) is 5.78 Å². The molecular formula is C9H11N3O. The smallest absolute Gasteiger partial charge is 0.179 e. The minimum Gasteiger partial charge on any atom is -0.348 e. The molecule has 0 fully saturated rings. The lowest BCUT2D eigenvalue weighted by atomic mass is 10.1. The Morgan fingerprint density at radius 2 is 2.62 bits per heavy atom. The van der Waals surface area contributed by atoms with Gasteiger partial charge in [0.05, 0.1) is 6.33 Å². The maximum atomic E-state index is 11.2. The molecule has 0 aliphatic carbocycles. The van der Waals surface area contributed by atoms with Gasteiger partial charge >= 0.3 is 0 Å². The second kappa shape index (κ2) is 4.35. The van der Waals surface area contributed by atoms with E-state index in [-0.39, 0.29) is 5.78 Å². The molecule has 0 saturated carbocycles.